The molecule has 2 unspecified atom stereocenters. The van der Waals surface area contributed by atoms with Gasteiger partial charge in [-0.25, -0.2) is 4.79 Å². The molecule has 5 nitrogen and oxygen atoms in total. The van der Waals surface area contributed by atoms with Crippen molar-refractivity contribution in [1.82, 2.24) is 0 Å². The molecule has 154 valence electrons. The van der Waals surface area contributed by atoms with Gasteiger partial charge < -0.3 is 19.7 Å². The molecule has 1 spiro atoms. The zero-order chi connectivity index (χ0) is 19.5. The van der Waals surface area contributed by atoms with E-state index in [9.17, 15) is 15.0 Å². The third-order valence-electron chi connectivity index (χ3n) is 10.3. The Bertz CT molecular complexity index is 777. The van der Waals surface area contributed by atoms with Gasteiger partial charge in [-0.05, 0) is 80.1 Å². The molecule has 0 aromatic carbocycles. The van der Waals surface area contributed by atoms with Gasteiger partial charge in [-0.3, -0.25) is 0 Å². The highest BCUT2D eigenvalue weighted by Crippen LogP contribution is 2.77. The van der Waals surface area contributed by atoms with E-state index in [1.807, 2.05) is 0 Å². The van der Waals surface area contributed by atoms with Crippen molar-refractivity contribution in [2.24, 2.45) is 28.6 Å². The normalized spacial score (nSPS) is 59.5. The monoisotopic (exact) mass is 388 g/mol. The summed E-state index contributed by atoms with van der Waals surface area (Å²) >= 11 is 0. The summed E-state index contributed by atoms with van der Waals surface area (Å²) in [4.78, 5) is 11.7. The minimum absolute atomic E-state index is 0.125. The SMILES string of the molecule is C[C@]12CC[C@H](O)C[C@H]1C[C@H]1OC13C2CC[C@]1(C)[C@@H](C2=CC(=O)OC2)CC[C@]31O. The molecule has 2 aliphatic heterocycles. The minimum atomic E-state index is -0.839. The number of hydrogen-bond acceptors (Lipinski definition) is 5. The van der Waals surface area contributed by atoms with Crippen molar-refractivity contribution < 1.29 is 24.5 Å². The van der Waals surface area contributed by atoms with E-state index in [4.69, 9.17) is 9.47 Å². The highest BCUT2D eigenvalue weighted by atomic mass is 16.6. The maximum absolute atomic E-state index is 12.3. The lowest BCUT2D eigenvalue weighted by Gasteiger charge is -2.62. The molecule has 6 rings (SSSR count). The van der Waals surface area contributed by atoms with Crippen molar-refractivity contribution >= 4 is 5.97 Å². The summed E-state index contributed by atoms with van der Waals surface area (Å²) in [6, 6.07) is 0. The van der Waals surface area contributed by atoms with Crippen LogP contribution in [0.2, 0.25) is 0 Å². The van der Waals surface area contributed by atoms with Crippen LogP contribution in [0, 0.1) is 28.6 Å². The first-order chi connectivity index (χ1) is 13.2. The molecule has 6 aliphatic rings. The number of carbonyl (C=O) groups excluding carboxylic acids is 1. The van der Waals surface area contributed by atoms with E-state index in [1.165, 1.54) is 0 Å². The number of aliphatic hydroxyl groups excluding tert-OH is 1. The molecule has 0 amide bonds. The fourth-order valence-corrected chi connectivity index (χ4v) is 8.79. The Balaban J connectivity index is 1.39. The molecule has 9 atom stereocenters. The molecule has 28 heavy (non-hydrogen) atoms. The number of ether oxygens (including phenoxy) is 2. The van der Waals surface area contributed by atoms with Crippen molar-refractivity contribution in [3.05, 3.63) is 11.6 Å². The van der Waals surface area contributed by atoms with E-state index < -0.39 is 11.2 Å². The van der Waals surface area contributed by atoms with Crippen LogP contribution in [0.3, 0.4) is 0 Å². The number of carbonyl (C=O) groups is 1. The smallest absolute Gasteiger partial charge is 0.331 e. The average Bonchev–Trinajstić information content (AvgIpc) is 3.09. The lowest BCUT2D eigenvalue weighted by Crippen LogP contribution is -2.68. The molecular formula is C23H32O5. The lowest BCUT2D eigenvalue weighted by molar-refractivity contribution is -0.203. The van der Waals surface area contributed by atoms with Gasteiger partial charge in [-0.1, -0.05) is 13.8 Å². The molecule has 4 aliphatic carbocycles. The highest BCUT2D eigenvalue weighted by molar-refractivity contribution is 5.85. The second kappa shape index (κ2) is 5.22. The summed E-state index contributed by atoms with van der Waals surface area (Å²) in [7, 11) is 0. The van der Waals surface area contributed by atoms with E-state index in [0.29, 0.717) is 18.4 Å². The van der Waals surface area contributed by atoms with Gasteiger partial charge in [-0.2, -0.15) is 0 Å². The predicted octanol–water partition coefficient (Wildman–Crippen LogP) is 2.74. The Morgan fingerprint density at radius 3 is 2.68 bits per heavy atom. The van der Waals surface area contributed by atoms with Crippen LogP contribution >= 0.6 is 0 Å². The van der Waals surface area contributed by atoms with Gasteiger partial charge in [0, 0.05) is 11.5 Å². The van der Waals surface area contributed by atoms with Crippen molar-refractivity contribution in [3.63, 3.8) is 0 Å². The summed E-state index contributed by atoms with van der Waals surface area (Å²) in [5.74, 6) is 0.817. The predicted molar refractivity (Wildman–Crippen MR) is 101 cm³/mol. The molecule has 2 N–H and O–H groups in total. The summed E-state index contributed by atoms with van der Waals surface area (Å²) in [6.07, 6.45) is 9.05. The first kappa shape index (κ1) is 17.9. The van der Waals surface area contributed by atoms with E-state index >= 15 is 0 Å². The number of esters is 1. The van der Waals surface area contributed by atoms with E-state index in [2.05, 4.69) is 13.8 Å². The number of epoxide rings is 1. The van der Waals surface area contributed by atoms with Gasteiger partial charge in [0.15, 0.2) is 0 Å². The van der Waals surface area contributed by atoms with Crippen molar-refractivity contribution in [1.29, 1.82) is 0 Å². The number of fused-ring (bicyclic) bond motifs is 3. The lowest BCUT2D eigenvalue weighted by atomic mass is 9.43. The second-order valence-electron chi connectivity index (χ2n) is 11.1. The van der Waals surface area contributed by atoms with Crippen LogP contribution < -0.4 is 0 Å². The average molecular weight is 389 g/mol. The number of cyclic esters (lactones) is 1. The van der Waals surface area contributed by atoms with Gasteiger partial charge in [0.1, 0.15) is 17.8 Å². The fraction of sp³-hybridized carbons (Fsp3) is 0.870. The zero-order valence-electron chi connectivity index (χ0n) is 16.9. The Hall–Kier alpha value is -0.910. The standard InChI is InChI=1S/C23H32O5/c1-20-6-3-15(24)10-14(20)11-18-23(28-18)17(20)5-7-21(2)16(4-8-22(21,23)26)13-9-19(25)27-12-13/h9,14-18,24,26H,3-8,10-12H2,1-2H3/t14-,15-,16+,17?,18+,20-,21+,22+,23?/m0/s1. The molecule has 5 fully saturated rings. The van der Waals surface area contributed by atoms with Crippen LogP contribution in [0.5, 0.6) is 0 Å². The molecule has 0 bridgehead atoms. The molecule has 5 heteroatoms. The van der Waals surface area contributed by atoms with Gasteiger partial charge in [0.05, 0.1) is 12.2 Å². The summed E-state index contributed by atoms with van der Waals surface area (Å²) in [6.45, 7) is 5.02. The number of hydrogen-bond donors (Lipinski definition) is 2. The Kier molecular flexibility index (Phi) is 3.34. The molecule has 2 heterocycles. The zero-order valence-corrected chi connectivity index (χ0v) is 16.9. The highest BCUT2D eigenvalue weighted by Gasteiger charge is 2.84. The van der Waals surface area contributed by atoms with Crippen molar-refractivity contribution in [2.45, 2.75) is 88.6 Å². The van der Waals surface area contributed by atoms with Crippen molar-refractivity contribution in [3.8, 4) is 0 Å². The van der Waals surface area contributed by atoms with Gasteiger partial charge in [0.25, 0.3) is 0 Å². The van der Waals surface area contributed by atoms with Crippen LogP contribution in [0.15, 0.2) is 11.6 Å². The van der Waals surface area contributed by atoms with E-state index in [1.54, 1.807) is 6.08 Å². The first-order valence-electron chi connectivity index (χ1n) is 11.2. The topological polar surface area (TPSA) is 79.3 Å². The first-order valence-corrected chi connectivity index (χ1v) is 11.2. The Morgan fingerprint density at radius 2 is 1.93 bits per heavy atom. The fourth-order valence-electron chi connectivity index (χ4n) is 8.79. The largest absolute Gasteiger partial charge is 0.458 e. The van der Waals surface area contributed by atoms with E-state index in [-0.39, 0.29) is 34.9 Å². The Labute approximate surface area is 166 Å². The molecule has 0 aromatic rings. The molecule has 4 saturated carbocycles. The molecule has 1 saturated heterocycles. The number of aliphatic hydroxyl groups is 2. The second-order valence-corrected chi connectivity index (χ2v) is 11.1. The minimum Gasteiger partial charge on any atom is -0.458 e. The van der Waals surface area contributed by atoms with Crippen LogP contribution in [-0.4, -0.2) is 46.2 Å². The maximum Gasteiger partial charge on any atom is 0.331 e. The third-order valence-corrected chi connectivity index (χ3v) is 10.3. The summed E-state index contributed by atoms with van der Waals surface area (Å²) in [5, 5.41) is 22.5. The summed E-state index contributed by atoms with van der Waals surface area (Å²) < 4.78 is 11.7. The summed E-state index contributed by atoms with van der Waals surface area (Å²) in [5.41, 5.74) is -0.319. The van der Waals surface area contributed by atoms with Gasteiger partial charge in [-0.15, -0.1) is 0 Å². The number of rotatable bonds is 1. The van der Waals surface area contributed by atoms with Gasteiger partial charge >= 0.3 is 5.97 Å². The quantitative estimate of drug-likeness (QED) is 0.533. The van der Waals surface area contributed by atoms with Crippen LogP contribution in [0.25, 0.3) is 0 Å². The molecular weight excluding hydrogens is 356 g/mol. The van der Waals surface area contributed by atoms with E-state index in [0.717, 1.165) is 56.9 Å². The van der Waals surface area contributed by atoms with Crippen LogP contribution in [0.4, 0.5) is 0 Å². The van der Waals surface area contributed by atoms with Crippen molar-refractivity contribution in [2.75, 3.05) is 6.61 Å². The van der Waals surface area contributed by atoms with Crippen LogP contribution in [-0.2, 0) is 14.3 Å². The maximum atomic E-state index is 12.3. The molecule has 0 radical (unpaired) electrons. The molecule has 0 aromatic heterocycles. The van der Waals surface area contributed by atoms with Crippen LogP contribution in [0.1, 0.15) is 65.2 Å². The Morgan fingerprint density at radius 1 is 1.11 bits per heavy atom. The third kappa shape index (κ3) is 1.83. The van der Waals surface area contributed by atoms with Gasteiger partial charge in [0.2, 0.25) is 0 Å².